The molecular formula is C24H32ClN5O2. The van der Waals surface area contributed by atoms with Crippen LogP contribution in [0.25, 0.3) is 0 Å². The number of piperazine rings is 1. The van der Waals surface area contributed by atoms with Gasteiger partial charge in [0.05, 0.1) is 17.7 Å². The minimum atomic E-state index is -0.524. The van der Waals surface area contributed by atoms with Gasteiger partial charge in [-0.15, -0.1) is 0 Å². The molecule has 0 radical (unpaired) electrons. The number of nitrogens with two attached hydrogens (primary N) is 1. The number of aromatic nitrogens is 2. The Bertz CT molecular complexity index is 967. The molecule has 1 aliphatic heterocycles. The maximum absolute atomic E-state index is 13.5. The van der Waals surface area contributed by atoms with Crippen LogP contribution in [0.3, 0.4) is 0 Å². The summed E-state index contributed by atoms with van der Waals surface area (Å²) in [5, 5.41) is 10.9. The SMILES string of the molecule is C[C@@H]1C[C@@H](O)c2ncnc(N3CCN(C(=O)[C@@H](CC(C)(C)N)c4ccc(Cl)cc4)CC3)c21. The molecule has 1 aromatic heterocycles. The highest BCUT2D eigenvalue weighted by Gasteiger charge is 2.35. The number of fused-ring (bicyclic) bond motifs is 1. The molecule has 2 aliphatic rings. The highest BCUT2D eigenvalue weighted by atomic mass is 35.5. The molecule has 0 saturated carbocycles. The molecule has 1 amide bonds. The fourth-order valence-electron chi connectivity index (χ4n) is 4.88. The number of halogens is 1. The van der Waals surface area contributed by atoms with E-state index in [2.05, 4.69) is 21.8 Å². The zero-order chi connectivity index (χ0) is 23.0. The van der Waals surface area contributed by atoms with Crippen molar-refractivity contribution in [3.8, 4) is 0 Å². The third-order valence-corrected chi connectivity index (χ3v) is 6.72. The monoisotopic (exact) mass is 457 g/mol. The first kappa shape index (κ1) is 23.0. The van der Waals surface area contributed by atoms with Gasteiger partial charge >= 0.3 is 0 Å². The quantitative estimate of drug-likeness (QED) is 0.715. The smallest absolute Gasteiger partial charge is 0.230 e. The number of nitrogens with zero attached hydrogens (tertiary/aromatic N) is 4. The van der Waals surface area contributed by atoms with E-state index in [4.69, 9.17) is 17.3 Å². The number of carbonyl (C=O) groups is 1. The van der Waals surface area contributed by atoms with Gasteiger partial charge in [-0.1, -0.05) is 30.7 Å². The number of hydrogen-bond acceptors (Lipinski definition) is 6. The van der Waals surface area contributed by atoms with E-state index in [-0.39, 0.29) is 17.7 Å². The Kier molecular flexibility index (Phi) is 6.43. The van der Waals surface area contributed by atoms with E-state index in [9.17, 15) is 9.90 Å². The summed E-state index contributed by atoms with van der Waals surface area (Å²) < 4.78 is 0. The normalized spacial score (nSPS) is 22.1. The number of hydrogen-bond donors (Lipinski definition) is 2. The van der Waals surface area contributed by atoms with Crippen LogP contribution in [0.4, 0.5) is 5.82 Å². The second kappa shape index (κ2) is 8.96. The molecule has 7 nitrogen and oxygen atoms in total. The molecule has 0 spiro atoms. The van der Waals surface area contributed by atoms with E-state index < -0.39 is 11.6 Å². The van der Waals surface area contributed by atoms with Gasteiger partial charge in [0.1, 0.15) is 12.1 Å². The Labute approximate surface area is 194 Å². The Balaban J connectivity index is 1.50. The van der Waals surface area contributed by atoms with Crippen molar-refractivity contribution >= 4 is 23.3 Å². The predicted molar refractivity (Wildman–Crippen MR) is 126 cm³/mol. The van der Waals surface area contributed by atoms with E-state index in [1.165, 1.54) is 6.33 Å². The number of aliphatic hydroxyl groups is 1. The van der Waals surface area contributed by atoms with Crippen molar-refractivity contribution in [2.45, 2.75) is 57.1 Å². The lowest BCUT2D eigenvalue weighted by molar-refractivity contribution is -0.133. The number of benzene rings is 1. The topological polar surface area (TPSA) is 95.6 Å². The highest BCUT2D eigenvalue weighted by molar-refractivity contribution is 6.30. The predicted octanol–water partition coefficient (Wildman–Crippen LogP) is 3.23. The zero-order valence-electron chi connectivity index (χ0n) is 19.0. The molecule has 2 heterocycles. The van der Waals surface area contributed by atoms with E-state index in [1.807, 2.05) is 43.0 Å². The van der Waals surface area contributed by atoms with Crippen LogP contribution in [-0.2, 0) is 4.79 Å². The van der Waals surface area contributed by atoms with Crippen LogP contribution in [0.15, 0.2) is 30.6 Å². The number of rotatable bonds is 5. The molecular weight excluding hydrogens is 426 g/mol. The molecule has 1 aliphatic carbocycles. The Morgan fingerprint density at radius 1 is 1.22 bits per heavy atom. The summed E-state index contributed by atoms with van der Waals surface area (Å²) >= 11 is 6.06. The van der Waals surface area contributed by atoms with Crippen LogP contribution in [0, 0.1) is 0 Å². The van der Waals surface area contributed by atoms with Crippen molar-refractivity contribution in [1.29, 1.82) is 0 Å². The Morgan fingerprint density at radius 3 is 2.50 bits per heavy atom. The van der Waals surface area contributed by atoms with Crippen molar-refractivity contribution < 1.29 is 9.90 Å². The molecule has 3 N–H and O–H groups in total. The second-order valence-corrected chi connectivity index (χ2v) is 10.2. The number of amides is 1. The maximum atomic E-state index is 13.5. The van der Waals surface area contributed by atoms with Gasteiger partial charge in [-0.2, -0.15) is 0 Å². The molecule has 1 aromatic carbocycles. The largest absolute Gasteiger partial charge is 0.387 e. The average Bonchev–Trinajstić information content (AvgIpc) is 3.05. The first-order valence-corrected chi connectivity index (χ1v) is 11.6. The lowest BCUT2D eigenvalue weighted by Gasteiger charge is -2.38. The van der Waals surface area contributed by atoms with Gasteiger partial charge < -0.3 is 20.6 Å². The minimum absolute atomic E-state index is 0.0993. The maximum Gasteiger partial charge on any atom is 0.230 e. The van der Waals surface area contributed by atoms with Gasteiger partial charge in [-0.3, -0.25) is 4.79 Å². The van der Waals surface area contributed by atoms with E-state index in [0.717, 1.165) is 22.6 Å². The van der Waals surface area contributed by atoms with Crippen molar-refractivity contribution in [1.82, 2.24) is 14.9 Å². The lowest BCUT2D eigenvalue weighted by Crippen LogP contribution is -2.51. The molecule has 3 atom stereocenters. The molecule has 8 heteroatoms. The van der Waals surface area contributed by atoms with Crippen LogP contribution in [0.5, 0.6) is 0 Å². The van der Waals surface area contributed by atoms with Gasteiger partial charge in [-0.25, -0.2) is 9.97 Å². The third-order valence-electron chi connectivity index (χ3n) is 6.47. The molecule has 32 heavy (non-hydrogen) atoms. The van der Waals surface area contributed by atoms with Crippen molar-refractivity contribution in [2.75, 3.05) is 31.1 Å². The van der Waals surface area contributed by atoms with Crippen molar-refractivity contribution in [3.05, 3.63) is 52.4 Å². The summed E-state index contributed by atoms with van der Waals surface area (Å²) in [6.45, 7) is 8.62. The first-order chi connectivity index (χ1) is 15.1. The first-order valence-electron chi connectivity index (χ1n) is 11.2. The highest BCUT2D eigenvalue weighted by Crippen LogP contribution is 2.42. The van der Waals surface area contributed by atoms with Crippen molar-refractivity contribution in [3.63, 3.8) is 0 Å². The minimum Gasteiger partial charge on any atom is -0.387 e. The summed E-state index contributed by atoms with van der Waals surface area (Å²) in [6.07, 6.45) is 2.25. The van der Waals surface area contributed by atoms with E-state index in [1.54, 1.807) is 0 Å². The summed E-state index contributed by atoms with van der Waals surface area (Å²) in [7, 11) is 0. The molecule has 172 valence electrons. The second-order valence-electron chi connectivity index (χ2n) is 9.76. The van der Waals surface area contributed by atoms with Crippen LogP contribution in [0.2, 0.25) is 5.02 Å². The standard InChI is InChI=1S/C24H32ClN5O2/c1-15-12-19(31)21-20(15)22(28-14-27-21)29-8-10-30(11-9-29)23(32)18(13-24(2,3)26)16-4-6-17(25)7-5-16/h4-7,14-15,18-19,31H,8-13,26H2,1-3H3/t15-,18+,19-/m1/s1. The van der Waals surface area contributed by atoms with Crippen LogP contribution < -0.4 is 10.6 Å². The number of anilines is 1. The van der Waals surface area contributed by atoms with Gasteiger partial charge in [0.15, 0.2) is 0 Å². The average molecular weight is 458 g/mol. The fraction of sp³-hybridized carbons (Fsp3) is 0.542. The lowest BCUT2D eigenvalue weighted by atomic mass is 9.85. The summed E-state index contributed by atoms with van der Waals surface area (Å²) in [6, 6.07) is 7.49. The number of carbonyl (C=O) groups excluding carboxylic acids is 1. The van der Waals surface area contributed by atoms with Crippen LogP contribution in [-0.4, -0.2) is 57.6 Å². The zero-order valence-corrected chi connectivity index (χ0v) is 19.7. The van der Waals surface area contributed by atoms with Gasteiger partial charge in [0, 0.05) is 42.3 Å². The Morgan fingerprint density at radius 2 is 1.88 bits per heavy atom. The molecule has 1 fully saturated rings. The summed E-state index contributed by atoms with van der Waals surface area (Å²) in [5.41, 5.74) is 8.56. The Hall–Kier alpha value is -2.22. The molecule has 0 unspecified atom stereocenters. The molecule has 2 aromatic rings. The van der Waals surface area contributed by atoms with Crippen LogP contribution >= 0.6 is 11.6 Å². The van der Waals surface area contributed by atoms with Gasteiger partial charge in [0.2, 0.25) is 5.91 Å². The molecule has 0 bridgehead atoms. The third kappa shape index (κ3) is 4.75. The van der Waals surface area contributed by atoms with Crippen molar-refractivity contribution in [2.24, 2.45) is 5.73 Å². The summed E-state index contributed by atoms with van der Waals surface area (Å²) in [4.78, 5) is 26.5. The van der Waals surface area contributed by atoms with Gasteiger partial charge in [-0.05, 0) is 50.3 Å². The number of aliphatic hydroxyl groups excluding tert-OH is 1. The fourth-order valence-corrected chi connectivity index (χ4v) is 5.01. The summed E-state index contributed by atoms with van der Waals surface area (Å²) in [5.74, 6) is 0.903. The van der Waals surface area contributed by atoms with Gasteiger partial charge in [0.25, 0.3) is 0 Å². The van der Waals surface area contributed by atoms with Crippen LogP contribution in [0.1, 0.15) is 68.4 Å². The molecule has 4 rings (SSSR count). The van der Waals surface area contributed by atoms with E-state index in [0.29, 0.717) is 44.0 Å². The molecule has 1 saturated heterocycles. The van der Waals surface area contributed by atoms with E-state index >= 15 is 0 Å².